The van der Waals surface area contributed by atoms with E-state index in [0.717, 1.165) is 37.2 Å². The highest BCUT2D eigenvalue weighted by atomic mass is 15.2. The molecule has 1 fully saturated rings. The number of nitrogens with zero attached hydrogens (tertiary/aromatic N) is 4. The van der Waals surface area contributed by atoms with Crippen molar-refractivity contribution in [3.63, 3.8) is 0 Å². The number of hydrogen-bond donors (Lipinski definition) is 1. The number of aromatic nitrogens is 2. The van der Waals surface area contributed by atoms with Crippen LogP contribution < -0.4 is 5.73 Å². The van der Waals surface area contributed by atoms with E-state index in [0.29, 0.717) is 17.4 Å². The Labute approximate surface area is 125 Å². The number of piperidine rings is 1. The molecule has 1 aromatic heterocycles. The summed E-state index contributed by atoms with van der Waals surface area (Å²) in [5.74, 6) is 1.19. The van der Waals surface area contributed by atoms with Crippen LogP contribution in [0.3, 0.4) is 0 Å². The van der Waals surface area contributed by atoms with Gasteiger partial charge in [0.05, 0.1) is 22.7 Å². The summed E-state index contributed by atoms with van der Waals surface area (Å²) in [6, 6.07) is 7.74. The van der Waals surface area contributed by atoms with Crippen LogP contribution >= 0.6 is 0 Å². The van der Waals surface area contributed by atoms with Crippen LogP contribution in [0, 0.1) is 17.2 Å². The molecule has 0 aliphatic carbocycles. The molecule has 2 N–H and O–H groups in total. The third kappa shape index (κ3) is 2.72. The van der Waals surface area contributed by atoms with Crippen LogP contribution in [-0.2, 0) is 6.54 Å². The highest BCUT2D eigenvalue weighted by molar-refractivity contribution is 5.79. The van der Waals surface area contributed by atoms with Gasteiger partial charge in [-0.1, -0.05) is 6.92 Å². The molecule has 2 heterocycles. The summed E-state index contributed by atoms with van der Waals surface area (Å²) in [5, 5.41) is 9.06. The molecule has 0 amide bonds. The third-order valence-electron chi connectivity index (χ3n) is 4.50. The van der Waals surface area contributed by atoms with Crippen LogP contribution in [-0.4, -0.2) is 34.1 Å². The van der Waals surface area contributed by atoms with E-state index in [1.807, 2.05) is 12.1 Å². The molecular formula is C16H21N5. The van der Waals surface area contributed by atoms with Crippen molar-refractivity contribution in [3.8, 4) is 6.07 Å². The number of benzene rings is 1. The molecule has 3 rings (SSSR count). The lowest BCUT2D eigenvalue weighted by Crippen LogP contribution is -2.34. The fourth-order valence-electron chi connectivity index (χ4n) is 3.15. The lowest BCUT2D eigenvalue weighted by Gasteiger charge is -2.31. The molecule has 0 atom stereocenters. The molecule has 5 heteroatoms. The minimum Gasteiger partial charge on any atom is -0.369 e. The first kappa shape index (κ1) is 13.9. The van der Waals surface area contributed by atoms with Gasteiger partial charge in [0.1, 0.15) is 0 Å². The molecule has 0 spiro atoms. The SMILES string of the molecule is CCN1CCC(Cn2c(N)nc3ccc(C#N)cc32)CC1. The molecule has 0 radical (unpaired) electrons. The van der Waals surface area contributed by atoms with Crippen molar-refractivity contribution in [1.82, 2.24) is 14.5 Å². The fraction of sp³-hybridized carbons (Fsp3) is 0.500. The molecule has 1 aliphatic heterocycles. The number of nitriles is 1. The van der Waals surface area contributed by atoms with Gasteiger partial charge in [0.25, 0.3) is 0 Å². The third-order valence-corrected chi connectivity index (χ3v) is 4.50. The van der Waals surface area contributed by atoms with Gasteiger partial charge in [0, 0.05) is 6.54 Å². The Kier molecular flexibility index (Phi) is 3.80. The Balaban J connectivity index is 1.83. The maximum atomic E-state index is 9.06. The monoisotopic (exact) mass is 283 g/mol. The van der Waals surface area contributed by atoms with E-state index in [1.165, 1.54) is 12.8 Å². The largest absolute Gasteiger partial charge is 0.369 e. The first-order valence-electron chi connectivity index (χ1n) is 7.59. The fourth-order valence-corrected chi connectivity index (χ4v) is 3.15. The van der Waals surface area contributed by atoms with Crippen LogP contribution in [0.4, 0.5) is 5.95 Å². The molecule has 2 aromatic rings. The molecule has 21 heavy (non-hydrogen) atoms. The van der Waals surface area contributed by atoms with Crippen molar-refractivity contribution in [3.05, 3.63) is 23.8 Å². The lowest BCUT2D eigenvalue weighted by atomic mass is 9.96. The van der Waals surface area contributed by atoms with Gasteiger partial charge in [-0.25, -0.2) is 4.98 Å². The first-order chi connectivity index (χ1) is 10.2. The van der Waals surface area contributed by atoms with Gasteiger partial charge in [-0.3, -0.25) is 0 Å². The molecule has 5 nitrogen and oxygen atoms in total. The Bertz CT molecular complexity index is 674. The summed E-state index contributed by atoms with van der Waals surface area (Å²) >= 11 is 0. The topological polar surface area (TPSA) is 70.9 Å². The zero-order valence-corrected chi connectivity index (χ0v) is 12.4. The molecule has 1 saturated heterocycles. The first-order valence-corrected chi connectivity index (χ1v) is 7.59. The lowest BCUT2D eigenvalue weighted by molar-refractivity contribution is 0.182. The van der Waals surface area contributed by atoms with E-state index in [2.05, 4.69) is 27.4 Å². The summed E-state index contributed by atoms with van der Waals surface area (Å²) in [6.45, 7) is 6.57. The van der Waals surface area contributed by atoms with Crippen molar-refractivity contribution in [2.24, 2.45) is 5.92 Å². The Morgan fingerprint density at radius 3 is 2.81 bits per heavy atom. The number of likely N-dealkylation sites (tertiary alicyclic amines) is 1. The summed E-state index contributed by atoms with van der Waals surface area (Å²) in [6.07, 6.45) is 2.40. The number of anilines is 1. The van der Waals surface area contributed by atoms with E-state index in [4.69, 9.17) is 11.0 Å². The van der Waals surface area contributed by atoms with Gasteiger partial charge in [-0.15, -0.1) is 0 Å². The maximum absolute atomic E-state index is 9.06. The van der Waals surface area contributed by atoms with E-state index >= 15 is 0 Å². The second-order valence-corrected chi connectivity index (χ2v) is 5.77. The number of fused-ring (bicyclic) bond motifs is 1. The summed E-state index contributed by atoms with van der Waals surface area (Å²) < 4.78 is 2.07. The highest BCUT2D eigenvalue weighted by Crippen LogP contribution is 2.25. The number of imidazole rings is 1. The Hall–Kier alpha value is -2.06. The summed E-state index contributed by atoms with van der Waals surface area (Å²) in [5.41, 5.74) is 8.58. The summed E-state index contributed by atoms with van der Waals surface area (Å²) in [4.78, 5) is 6.89. The van der Waals surface area contributed by atoms with Crippen molar-refractivity contribution in [2.75, 3.05) is 25.4 Å². The molecule has 0 bridgehead atoms. The number of rotatable bonds is 3. The second-order valence-electron chi connectivity index (χ2n) is 5.77. The van der Waals surface area contributed by atoms with Gasteiger partial charge >= 0.3 is 0 Å². The second kappa shape index (κ2) is 5.74. The van der Waals surface area contributed by atoms with Crippen molar-refractivity contribution >= 4 is 17.0 Å². The molecule has 1 aromatic carbocycles. The van der Waals surface area contributed by atoms with Crippen LogP contribution in [0.15, 0.2) is 18.2 Å². The molecular weight excluding hydrogens is 262 g/mol. The standard InChI is InChI=1S/C16H21N5/c1-2-20-7-5-12(6-8-20)11-21-15-9-13(10-17)3-4-14(15)19-16(21)18/h3-4,9,12H,2,5-8,11H2,1H3,(H2,18,19). The predicted molar refractivity (Wildman–Crippen MR) is 83.7 cm³/mol. The summed E-state index contributed by atoms with van der Waals surface area (Å²) in [7, 11) is 0. The van der Waals surface area contributed by atoms with Crippen molar-refractivity contribution in [2.45, 2.75) is 26.3 Å². The van der Waals surface area contributed by atoms with Crippen LogP contribution in [0.1, 0.15) is 25.3 Å². The van der Waals surface area contributed by atoms with Gasteiger partial charge in [-0.2, -0.15) is 5.26 Å². The average molecular weight is 283 g/mol. The van der Waals surface area contributed by atoms with E-state index in [1.54, 1.807) is 6.07 Å². The van der Waals surface area contributed by atoms with Crippen LogP contribution in [0.5, 0.6) is 0 Å². The number of hydrogen-bond acceptors (Lipinski definition) is 4. The van der Waals surface area contributed by atoms with E-state index in [9.17, 15) is 0 Å². The van der Waals surface area contributed by atoms with Crippen LogP contribution in [0.2, 0.25) is 0 Å². The van der Waals surface area contributed by atoms with E-state index < -0.39 is 0 Å². The Morgan fingerprint density at radius 1 is 1.38 bits per heavy atom. The Morgan fingerprint density at radius 2 is 2.14 bits per heavy atom. The highest BCUT2D eigenvalue weighted by Gasteiger charge is 2.20. The molecule has 0 saturated carbocycles. The van der Waals surface area contributed by atoms with Crippen LogP contribution in [0.25, 0.3) is 11.0 Å². The number of nitrogens with two attached hydrogens (primary N) is 1. The van der Waals surface area contributed by atoms with Gasteiger partial charge in [0.15, 0.2) is 0 Å². The smallest absolute Gasteiger partial charge is 0.201 e. The van der Waals surface area contributed by atoms with Gasteiger partial charge in [-0.05, 0) is 56.6 Å². The predicted octanol–water partition coefficient (Wildman–Crippen LogP) is 2.22. The number of nitrogen functional groups attached to an aromatic ring is 1. The van der Waals surface area contributed by atoms with Crippen molar-refractivity contribution in [1.29, 1.82) is 5.26 Å². The molecule has 0 unspecified atom stereocenters. The molecule has 110 valence electrons. The zero-order valence-electron chi connectivity index (χ0n) is 12.4. The molecule has 1 aliphatic rings. The van der Waals surface area contributed by atoms with Crippen molar-refractivity contribution < 1.29 is 0 Å². The maximum Gasteiger partial charge on any atom is 0.201 e. The minimum absolute atomic E-state index is 0.554. The van der Waals surface area contributed by atoms with Gasteiger partial charge < -0.3 is 15.2 Å². The van der Waals surface area contributed by atoms with Gasteiger partial charge in [0.2, 0.25) is 5.95 Å². The quantitative estimate of drug-likeness (QED) is 0.937. The average Bonchev–Trinajstić information content (AvgIpc) is 2.83. The minimum atomic E-state index is 0.554. The zero-order chi connectivity index (χ0) is 14.8. The van der Waals surface area contributed by atoms with E-state index in [-0.39, 0.29) is 0 Å². The normalized spacial score (nSPS) is 17.1.